The summed E-state index contributed by atoms with van der Waals surface area (Å²) in [5.74, 6) is 1.11. The molecule has 2 saturated carbocycles. The summed E-state index contributed by atoms with van der Waals surface area (Å²) >= 11 is 0. The van der Waals surface area contributed by atoms with Crippen molar-refractivity contribution in [3.8, 4) is 0 Å². The molecule has 0 saturated heterocycles. The van der Waals surface area contributed by atoms with Crippen molar-refractivity contribution in [1.82, 2.24) is 5.32 Å². The summed E-state index contributed by atoms with van der Waals surface area (Å²) in [5.41, 5.74) is 0.521. The van der Waals surface area contributed by atoms with Crippen molar-refractivity contribution in [3.05, 3.63) is 30.3 Å². The van der Waals surface area contributed by atoms with Gasteiger partial charge in [-0.2, -0.15) is 0 Å². The predicted molar refractivity (Wildman–Crippen MR) is 86.0 cm³/mol. The van der Waals surface area contributed by atoms with E-state index in [4.69, 9.17) is 0 Å². The Bertz CT molecular complexity index is 645. The molecule has 6 heteroatoms. The van der Waals surface area contributed by atoms with E-state index >= 15 is 0 Å². The van der Waals surface area contributed by atoms with Gasteiger partial charge in [0.1, 0.15) is 6.54 Å². The monoisotopic (exact) mass is 322 g/mol. The first-order valence-corrected chi connectivity index (χ1v) is 9.60. The lowest BCUT2D eigenvalue weighted by molar-refractivity contribution is -0.120. The zero-order chi connectivity index (χ0) is 15.7. The molecule has 0 radical (unpaired) electrons. The Morgan fingerprint density at radius 1 is 1.23 bits per heavy atom. The number of sulfonamides is 1. The van der Waals surface area contributed by atoms with Crippen molar-refractivity contribution in [1.29, 1.82) is 0 Å². The molecule has 1 N–H and O–H groups in total. The average molecular weight is 322 g/mol. The molecule has 1 aromatic carbocycles. The lowest BCUT2D eigenvalue weighted by atomic mass is 9.95. The number of hydrogen-bond donors (Lipinski definition) is 1. The topological polar surface area (TPSA) is 66.5 Å². The van der Waals surface area contributed by atoms with E-state index in [0.717, 1.165) is 22.9 Å². The number of nitrogens with one attached hydrogen (secondary N) is 1. The fourth-order valence-electron chi connectivity index (χ4n) is 3.80. The lowest BCUT2D eigenvalue weighted by Gasteiger charge is -2.26. The molecule has 2 aliphatic carbocycles. The molecule has 2 fully saturated rings. The fourth-order valence-corrected chi connectivity index (χ4v) is 4.66. The van der Waals surface area contributed by atoms with E-state index in [1.807, 2.05) is 6.07 Å². The van der Waals surface area contributed by atoms with Gasteiger partial charge in [0.25, 0.3) is 0 Å². The van der Waals surface area contributed by atoms with Crippen LogP contribution in [-0.2, 0) is 14.8 Å². The number of para-hydroxylation sites is 1. The highest BCUT2D eigenvalue weighted by Gasteiger charge is 2.40. The van der Waals surface area contributed by atoms with Gasteiger partial charge in [-0.05, 0) is 43.2 Å². The molecule has 2 bridgehead atoms. The maximum atomic E-state index is 12.3. The number of carbonyl (C=O) groups is 1. The van der Waals surface area contributed by atoms with Crippen LogP contribution in [0, 0.1) is 11.8 Å². The standard InChI is InChI=1S/C16H22N2O3S/c1-22(20,21)18(14-5-3-2-4-6-14)11-16(19)17-15-10-12-7-8-13(15)9-12/h2-6,12-13,15H,7-11H2,1H3,(H,17,19). The summed E-state index contributed by atoms with van der Waals surface area (Å²) in [6, 6.07) is 8.98. The molecule has 22 heavy (non-hydrogen) atoms. The van der Waals surface area contributed by atoms with Gasteiger partial charge in [0, 0.05) is 6.04 Å². The number of rotatable bonds is 5. The summed E-state index contributed by atoms with van der Waals surface area (Å²) in [6.45, 7) is -0.156. The molecular formula is C16H22N2O3S. The normalized spacial score (nSPS) is 26.9. The Hall–Kier alpha value is -1.56. The molecule has 0 aliphatic heterocycles. The molecule has 3 unspecified atom stereocenters. The van der Waals surface area contributed by atoms with Crippen LogP contribution < -0.4 is 9.62 Å². The van der Waals surface area contributed by atoms with Gasteiger partial charge >= 0.3 is 0 Å². The number of carbonyl (C=O) groups excluding carboxylic acids is 1. The molecule has 0 aromatic heterocycles. The smallest absolute Gasteiger partial charge is 0.241 e. The predicted octanol–water partition coefficient (Wildman–Crippen LogP) is 1.76. The van der Waals surface area contributed by atoms with Gasteiger partial charge in [-0.25, -0.2) is 8.42 Å². The minimum Gasteiger partial charge on any atom is -0.352 e. The molecule has 1 aromatic rings. The van der Waals surface area contributed by atoms with Crippen molar-refractivity contribution < 1.29 is 13.2 Å². The Balaban J connectivity index is 1.67. The molecule has 0 spiro atoms. The van der Waals surface area contributed by atoms with Crippen molar-refractivity contribution in [2.75, 3.05) is 17.1 Å². The van der Waals surface area contributed by atoms with Crippen LogP contribution in [0.25, 0.3) is 0 Å². The Labute approximate surface area is 131 Å². The lowest BCUT2D eigenvalue weighted by Crippen LogP contribution is -2.45. The Morgan fingerprint density at radius 2 is 1.95 bits per heavy atom. The number of amides is 1. The molecule has 120 valence electrons. The summed E-state index contributed by atoms with van der Waals surface area (Å²) < 4.78 is 25.1. The number of benzene rings is 1. The molecule has 0 heterocycles. The number of nitrogens with zero attached hydrogens (tertiary/aromatic N) is 1. The molecule has 3 atom stereocenters. The number of anilines is 1. The van der Waals surface area contributed by atoms with E-state index in [2.05, 4.69) is 5.32 Å². The quantitative estimate of drug-likeness (QED) is 0.898. The van der Waals surface area contributed by atoms with Crippen molar-refractivity contribution in [2.24, 2.45) is 11.8 Å². The van der Waals surface area contributed by atoms with Crippen LogP contribution in [0.5, 0.6) is 0 Å². The summed E-state index contributed by atoms with van der Waals surface area (Å²) in [7, 11) is -3.48. The van der Waals surface area contributed by atoms with E-state index in [1.165, 1.54) is 19.3 Å². The van der Waals surface area contributed by atoms with Crippen LogP contribution in [0.3, 0.4) is 0 Å². The number of hydrogen-bond acceptors (Lipinski definition) is 3. The zero-order valence-corrected chi connectivity index (χ0v) is 13.6. The third-order valence-electron chi connectivity index (χ3n) is 4.82. The van der Waals surface area contributed by atoms with E-state index in [9.17, 15) is 13.2 Å². The summed E-state index contributed by atoms with van der Waals surface area (Å²) in [5, 5.41) is 3.04. The molecular weight excluding hydrogens is 300 g/mol. The summed E-state index contributed by atoms with van der Waals surface area (Å²) in [6.07, 6.45) is 5.84. The van der Waals surface area contributed by atoms with E-state index in [0.29, 0.717) is 11.6 Å². The largest absolute Gasteiger partial charge is 0.352 e. The second-order valence-electron chi connectivity index (χ2n) is 6.45. The van der Waals surface area contributed by atoms with Crippen molar-refractivity contribution >= 4 is 21.6 Å². The van der Waals surface area contributed by atoms with E-state index < -0.39 is 10.0 Å². The SMILES string of the molecule is CS(=O)(=O)N(CC(=O)NC1CC2CCC1C2)c1ccccc1. The van der Waals surface area contributed by atoms with Gasteiger partial charge in [0.2, 0.25) is 15.9 Å². The van der Waals surface area contributed by atoms with E-state index in [-0.39, 0.29) is 18.5 Å². The van der Waals surface area contributed by atoms with Crippen LogP contribution >= 0.6 is 0 Å². The Morgan fingerprint density at radius 3 is 2.50 bits per heavy atom. The van der Waals surface area contributed by atoms with Gasteiger partial charge in [-0.1, -0.05) is 24.6 Å². The molecule has 1 amide bonds. The first-order valence-electron chi connectivity index (χ1n) is 7.75. The second-order valence-corrected chi connectivity index (χ2v) is 8.36. The van der Waals surface area contributed by atoms with E-state index in [1.54, 1.807) is 24.3 Å². The third kappa shape index (κ3) is 3.27. The fraction of sp³-hybridized carbons (Fsp3) is 0.562. The number of fused-ring (bicyclic) bond motifs is 2. The van der Waals surface area contributed by atoms with Crippen molar-refractivity contribution in [2.45, 2.75) is 31.7 Å². The zero-order valence-electron chi connectivity index (χ0n) is 12.7. The second kappa shape index (κ2) is 5.91. The summed E-state index contributed by atoms with van der Waals surface area (Å²) in [4.78, 5) is 12.3. The first-order chi connectivity index (χ1) is 10.4. The van der Waals surface area contributed by atoms with Crippen LogP contribution in [0.4, 0.5) is 5.69 Å². The van der Waals surface area contributed by atoms with Gasteiger partial charge in [0.15, 0.2) is 0 Å². The van der Waals surface area contributed by atoms with Gasteiger partial charge in [0.05, 0.1) is 11.9 Å². The maximum Gasteiger partial charge on any atom is 0.241 e. The maximum absolute atomic E-state index is 12.3. The van der Waals surface area contributed by atoms with Gasteiger partial charge in [-0.3, -0.25) is 9.10 Å². The third-order valence-corrected chi connectivity index (χ3v) is 5.96. The van der Waals surface area contributed by atoms with Gasteiger partial charge in [-0.15, -0.1) is 0 Å². The van der Waals surface area contributed by atoms with Crippen LogP contribution in [0.1, 0.15) is 25.7 Å². The van der Waals surface area contributed by atoms with Crippen LogP contribution in [0.15, 0.2) is 30.3 Å². The Kier molecular flexibility index (Phi) is 4.12. The van der Waals surface area contributed by atoms with Crippen LogP contribution in [0.2, 0.25) is 0 Å². The molecule has 2 aliphatic rings. The first kappa shape index (κ1) is 15.3. The highest BCUT2D eigenvalue weighted by Crippen LogP contribution is 2.44. The van der Waals surface area contributed by atoms with Gasteiger partial charge < -0.3 is 5.32 Å². The van der Waals surface area contributed by atoms with Crippen molar-refractivity contribution in [3.63, 3.8) is 0 Å². The van der Waals surface area contributed by atoms with Crippen LogP contribution in [-0.4, -0.2) is 33.2 Å². The highest BCUT2D eigenvalue weighted by molar-refractivity contribution is 7.92. The average Bonchev–Trinajstić information content (AvgIpc) is 3.07. The molecule has 5 nitrogen and oxygen atoms in total. The highest BCUT2D eigenvalue weighted by atomic mass is 32.2. The molecule has 3 rings (SSSR count). The minimum absolute atomic E-state index is 0.156. The minimum atomic E-state index is -3.48.